The van der Waals surface area contributed by atoms with Gasteiger partial charge in [-0.15, -0.1) is 45.3 Å². The van der Waals surface area contributed by atoms with Gasteiger partial charge in [-0.1, -0.05) is 65.2 Å². The molecule has 286 valence electrons. The van der Waals surface area contributed by atoms with Crippen LogP contribution in [0.1, 0.15) is 153 Å². The first kappa shape index (κ1) is 42.5. The van der Waals surface area contributed by atoms with Gasteiger partial charge in [-0.25, -0.2) is 0 Å². The number of ether oxygens (including phenoxy) is 2. The largest absolute Gasteiger partial charge is 0.466 e. The van der Waals surface area contributed by atoms with Crippen LogP contribution in [0.15, 0.2) is 35.0 Å². The summed E-state index contributed by atoms with van der Waals surface area (Å²) in [5.74, 6) is -0.164. The van der Waals surface area contributed by atoms with Crippen molar-refractivity contribution in [1.29, 1.82) is 0 Å². The molecule has 8 heteroatoms. The van der Waals surface area contributed by atoms with E-state index >= 15 is 0 Å². The lowest BCUT2D eigenvalue weighted by Gasteiger charge is -2.07. The molecule has 0 N–H and O–H groups in total. The number of unbranched alkanes of at least 4 members (excludes halogenated alkanes) is 10. The average Bonchev–Trinajstić information content (AvgIpc) is 3.95. The molecule has 0 radical (unpaired) electrons. The summed E-state index contributed by atoms with van der Waals surface area (Å²) in [6.45, 7) is 9.21. The highest BCUT2D eigenvalue weighted by atomic mass is 32.1. The number of rotatable bonds is 27. The van der Waals surface area contributed by atoms with Crippen molar-refractivity contribution in [3.8, 4) is 29.3 Å². The molecule has 0 aliphatic rings. The summed E-state index contributed by atoms with van der Waals surface area (Å²) in [4.78, 5) is 32.5. The molecule has 4 nitrogen and oxygen atoms in total. The minimum absolute atomic E-state index is 0.0820. The molecule has 0 fully saturated rings. The van der Waals surface area contributed by atoms with Crippen LogP contribution in [0.2, 0.25) is 0 Å². The predicted octanol–water partition coefficient (Wildman–Crippen LogP) is 14.5. The Morgan fingerprint density at radius 2 is 0.865 bits per heavy atom. The standard InChI is InChI=1S/C44H62O4S4/c1-5-9-11-15-21-33-27-29-49-41(33)37-31-35(23-17-13-19-25-39(45)47-7-3)43(51-37)44-36(24-18-14-20-26-40(46)48-8-4)32-38(52-44)42-34(28-30-50-42)22-16-12-10-6-2/h27-32H,5-26H2,1-4H3. The third-order valence-electron chi connectivity index (χ3n) is 9.63. The van der Waals surface area contributed by atoms with E-state index < -0.39 is 0 Å². The lowest BCUT2D eigenvalue weighted by atomic mass is 10.0. The van der Waals surface area contributed by atoms with Gasteiger partial charge < -0.3 is 9.47 Å². The maximum Gasteiger partial charge on any atom is 0.305 e. The quantitative estimate of drug-likeness (QED) is 0.0446. The van der Waals surface area contributed by atoms with Gasteiger partial charge in [0.25, 0.3) is 0 Å². The minimum atomic E-state index is -0.0820. The van der Waals surface area contributed by atoms with E-state index in [0.29, 0.717) is 26.1 Å². The van der Waals surface area contributed by atoms with Gasteiger partial charge >= 0.3 is 11.9 Å². The molecule has 0 spiro atoms. The summed E-state index contributed by atoms with van der Waals surface area (Å²) in [6.07, 6.45) is 21.5. The molecule has 52 heavy (non-hydrogen) atoms. The van der Waals surface area contributed by atoms with Crippen LogP contribution in [0.5, 0.6) is 0 Å². The fraction of sp³-hybridized carbons (Fsp3) is 0.591. The normalized spacial score (nSPS) is 11.4. The van der Waals surface area contributed by atoms with Crippen LogP contribution in [0.3, 0.4) is 0 Å². The zero-order chi connectivity index (χ0) is 37.0. The molecular formula is C44H62O4S4. The Hall–Kier alpha value is -2.26. The van der Waals surface area contributed by atoms with E-state index in [2.05, 4.69) is 48.9 Å². The zero-order valence-corrected chi connectivity index (χ0v) is 35.6. The van der Waals surface area contributed by atoms with E-state index in [0.717, 1.165) is 64.2 Å². The second-order valence-corrected chi connectivity index (χ2v) is 17.8. The Balaban J connectivity index is 1.64. The number of hydrogen-bond acceptors (Lipinski definition) is 8. The number of aryl methyl sites for hydroxylation is 4. The summed E-state index contributed by atoms with van der Waals surface area (Å²) < 4.78 is 10.4. The zero-order valence-electron chi connectivity index (χ0n) is 32.3. The lowest BCUT2D eigenvalue weighted by molar-refractivity contribution is -0.144. The Morgan fingerprint density at radius 1 is 0.481 bits per heavy atom. The van der Waals surface area contributed by atoms with Crippen molar-refractivity contribution in [3.63, 3.8) is 0 Å². The van der Waals surface area contributed by atoms with Crippen molar-refractivity contribution < 1.29 is 19.1 Å². The van der Waals surface area contributed by atoms with Gasteiger partial charge in [-0.3, -0.25) is 9.59 Å². The Bertz CT molecular complexity index is 1490. The number of thiophene rings is 4. The summed E-state index contributed by atoms with van der Waals surface area (Å²) in [6, 6.07) is 9.70. The van der Waals surface area contributed by atoms with Gasteiger partial charge in [0.1, 0.15) is 0 Å². The van der Waals surface area contributed by atoms with Crippen molar-refractivity contribution in [3.05, 3.63) is 57.3 Å². The number of carbonyl (C=O) groups is 2. The first-order valence-corrected chi connectivity index (χ1v) is 23.6. The van der Waals surface area contributed by atoms with Crippen molar-refractivity contribution >= 4 is 57.3 Å². The van der Waals surface area contributed by atoms with E-state index in [1.165, 1.54) is 103 Å². The van der Waals surface area contributed by atoms with Crippen LogP contribution in [0, 0.1) is 0 Å². The van der Waals surface area contributed by atoms with Crippen molar-refractivity contribution in [2.45, 2.75) is 156 Å². The van der Waals surface area contributed by atoms with E-state index in [1.807, 2.05) is 59.2 Å². The first-order valence-electron chi connectivity index (χ1n) is 20.2. The molecule has 0 unspecified atom stereocenters. The van der Waals surface area contributed by atoms with Crippen LogP contribution in [-0.4, -0.2) is 25.2 Å². The SMILES string of the molecule is CCCCCCc1ccsc1-c1cc(CCCCCC(=O)OCC)c(-c2sc(-c3sccc3CCCCCC)cc2CCCCCC(=O)OCC)s1. The van der Waals surface area contributed by atoms with Crippen LogP contribution in [0.25, 0.3) is 29.3 Å². The monoisotopic (exact) mass is 782 g/mol. The van der Waals surface area contributed by atoms with E-state index in [-0.39, 0.29) is 11.9 Å². The molecule has 0 bridgehead atoms. The maximum atomic E-state index is 12.0. The molecule has 4 heterocycles. The van der Waals surface area contributed by atoms with Gasteiger partial charge in [0.05, 0.1) is 13.2 Å². The van der Waals surface area contributed by atoms with Crippen molar-refractivity contribution in [2.75, 3.05) is 13.2 Å². The van der Waals surface area contributed by atoms with Crippen LogP contribution in [0.4, 0.5) is 0 Å². The average molecular weight is 783 g/mol. The highest BCUT2D eigenvalue weighted by Gasteiger charge is 2.22. The van der Waals surface area contributed by atoms with Gasteiger partial charge in [0, 0.05) is 42.1 Å². The number of hydrogen-bond donors (Lipinski definition) is 0. The second kappa shape index (κ2) is 24.2. The molecule has 4 aromatic heterocycles. The smallest absolute Gasteiger partial charge is 0.305 e. The summed E-state index contributed by atoms with van der Waals surface area (Å²) in [5, 5.41) is 4.56. The van der Waals surface area contributed by atoms with Crippen LogP contribution < -0.4 is 0 Å². The molecule has 4 rings (SSSR count). The first-order chi connectivity index (χ1) is 25.5. The maximum absolute atomic E-state index is 12.0. The highest BCUT2D eigenvalue weighted by molar-refractivity contribution is 7.28. The van der Waals surface area contributed by atoms with Gasteiger partial charge in [0.2, 0.25) is 0 Å². The lowest BCUT2D eigenvalue weighted by Crippen LogP contribution is -2.03. The summed E-state index contributed by atoms with van der Waals surface area (Å²) in [5.41, 5.74) is 5.89. The van der Waals surface area contributed by atoms with Crippen LogP contribution in [-0.2, 0) is 44.7 Å². The fourth-order valence-electron chi connectivity index (χ4n) is 6.81. The summed E-state index contributed by atoms with van der Waals surface area (Å²) >= 11 is 7.78. The number of esters is 2. The van der Waals surface area contributed by atoms with E-state index in [4.69, 9.17) is 9.47 Å². The van der Waals surface area contributed by atoms with E-state index in [1.54, 1.807) is 0 Å². The third kappa shape index (κ3) is 13.5. The molecule has 0 amide bonds. The topological polar surface area (TPSA) is 52.6 Å². The van der Waals surface area contributed by atoms with Gasteiger partial charge in [-0.05, 0) is 135 Å². The van der Waals surface area contributed by atoms with Crippen LogP contribution >= 0.6 is 45.3 Å². The predicted molar refractivity (Wildman–Crippen MR) is 228 cm³/mol. The van der Waals surface area contributed by atoms with Crippen molar-refractivity contribution in [1.82, 2.24) is 0 Å². The minimum Gasteiger partial charge on any atom is -0.466 e. The molecule has 4 aromatic rings. The highest BCUT2D eigenvalue weighted by Crippen LogP contribution is 2.49. The number of carbonyl (C=O) groups excluding carboxylic acids is 2. The summed E-state index contributed by atoms with van der Waals surface area (Å²) in [7, 11) is 0. The molecule has 0 aromatic carbocycles. The third-order valence-corrected chi connectivity index (χ3v) is 14.4. The molecule has 0 aliphatic carbocycles. The molecule has 0 aliphatic heterocycles. The molecule has 0 saturated heterocycles. The molecular weight excluding hydrogens is 721 g/mol. The molecule has 0 atom stereocenters. The Labute approximate surface area is 330 Å². The Morgan fingerprint density at radius 3 is 1.25 bits per heavy atom. The van der Waals surface area contributed by atoms with Gasteiger partial charge in [-0.2, -0.15) is 0 Å². The molecule has 0 saturated carbocycles. The van der Waals surface area contributed by atoms with E-state index in [9.17, 15) is 9.59 Å². The van der Waals surface area contributed by atoms with Gasteiger partial charge in [0.15, 0.2) is 0 Å². The fourth-order valence-corrected chi connectivity index (χ4v) is 11.6. The van der Waals surface area contributed by atoms with Crippen molar-refractivity contribution in [2.24, 2.45) is 0 Å². The Kier molecular flexibility index (Phi) is 19.8. The second-order valence-electron chi connectivity index (χ2n) is 13.8.